The van der Waals surface area contributed by atoms with E-state index in [0.717, 1.165) is 0 Å². The van der Waals surface area contributed by atoms with E-state index in [0.29, 0.717) is 24.8 Å². The van der Waals surface area contributed by atoms with Gasteiger partial charge in [0.1, 0.15) is 12.1 Å². The molecule has 4 amide bonds. The summed E-state index contributed by atoms with van der Waals surface area (Å²) in [4.78, 5) is 73.2. The lowest BCUT2D eigenvalue weighted by atomic mass is 9.95. The first-order valence-electron chi connectivity index (χ1n) is 15.9. The van der Waals surface area contributed by atoms with Crippen molar-refractivity contribution in [3.63, 3.8) is 0 Å². The Kier molecular flexibility index (Phi) is 17.5. The highest BCUT2D eigenvalue weighted by molar-refractivity contribution is 5.92. The van der Waals surface area contributed by atoms with Crippen molar-refractivity contribution in [2.45, 2.75) is 123 Å². The number of non-ortho nitro benzene ring substituents is 1. The molecule has 14 heteroatoms. The standard InChI is InChI=1S/C32H51N5O9/c1-7-10-24(34-32(44)30(20(5)8-2)36-27(39)11-9-12-29(41)42)31(43)35-25(17-19(3)4)26(38)18-28(40)33-21(6)22-13-15-23(16-14-22)37(45)46/h13-16,19-21,24-26,30,38H,7-12,17-18H2,1-6H3,(H,33,40)(H,34,44)(H,35,43)(H,36,39)(H,41,42)/t20-,21-,24-,25-,26-,30-/m0/s1. The maximum absolute atomic E-state index is 13.4. The number of amides is 4. The van der Waals surface area contributed by atoms with Crippen molar-refractivity contribution in [1.82, 2.24) is 21.3 Å². The van der Waals surface area contributed by atoms with E-state index in [1.807, 2.05) is 27.7 Å². The third-order valence-corrected chi connectivity index (χ3v) is 7.71. The van der Waals surface area contributed by atoms with Gasteiger partial charge in [0.2, 0.25) is 23.6 Å². The second-order valence-corrected chi connectivity index (χ2v) is 12.2. The van der Waals surface area contributed by atoms with Crippen LogP contribution in [0.4, 0.5) is 5.69 Å². The molecule has 0 aliphatic heterocycles. The van der Waals surface area contributed by atoms with Crippen molar-refractivity contribution in [3.05, 3.63) is 39.9 Å². The zero-order chi connectivity index (χ0) is 35.0. The Balaban J connectivity index is 2.95. The Bertz CT molecular complexity index is 1180. The molecule has 0 saturated heterocycles. The Hall–Kier alpha value is -4.07. The summed E-state index contributed by atoms with van der Waals surface area (Å²) in [6.07, 6.45) is 0.0958. The van der Waals surface area contributed by atoms with Gasteiger partial charge in [0.05, 0.1) is 29.5 Å². The van der Waals surface area contributed by atoms with Gasteiger partial charge in [0.15, 0.2) is 0 Å². The minimum Gasteiger partial charge on any atom is -0.481 e. The highest BCUT2D eigenvalue weighted by atomic mass is 16.6. The molecule has 0 heterocycles. The molecule has 6 atom stereocenters. The van der Waals surface area contributed by atoms with E-state index in [-0.39, 0.29) is 49.6 Å². The van der Waals surface area contributed by atoms with Gasteiger partial charge in [-0.2, -0.15) is 0 Å². The first-order chi connectivity index (χ1) is 21.6. The number of aliphatic carboxylic acids is 1. The SMILES string of the molecule is CCC[C@H](NC(=O)[C@@H](NC(=O)CCCC(=O)O)[C@@H](C)CC)C(=O)N[C@@H](CC(C)C)[C@@H](O)CC(=O)N[C@@H](C)c1ccc([N+](=O)[O-])cc1. The summed E-state index contributed by atoms with van der Waals surface area (Å²) in [6, 6.07) is 2.57. The van der Waals surface area contributed by atoms with Crippen LogP contribution in [0.5, 0.6) is 0 Å². The minimum absolute atomic E-state index is 0.0485. The van der Waals surface area contributed by atoms with E-state index in [9.17, 15) is 39.2 Å². The van der Waals surface area contributed by atoms with E-state index in [1.165, 1.54) is 12.1 Å². The molecule has 1 aromatic carbocycles. The van der Waals surface area contributed by atoms with Gasteiger partial charge in [-0.05, 0) is 43.6 Å². The zero-order valence-corrected chi connectivity index (χ0v) is 27.7. The molecule has 46 heavy (non-hydrogen) atoms. The van der Waals surface area contributed by atoms with Gasteiger partial charge < -0.3 is 31.5 Å². The van der Waals surface area contributed by atoms with Crippen molar-refractivity contribution in [1.29, 1.82) is 0 Å². The topological polar surface area (TPSA) is 217 Å². The van der Waals surface area contributed by atoms with Gasteiger partial charge in [-0.25, -0.2) is 0 Å². The Morgan fingerprint density at radius 2 is 1.50 bits per heavy atom. The number of carboxylic acids is 1. The van der Waals surface area contributed by atoms with Crippen molar-refractivity contribution in [2.24, 2.45) is 11.8 Å². The molecule has 1 aromatic rings. The van der Waals surface area contributed by atoms with Crippen LogP contribution in [0, 0.1) is 22.0 Å². The van der Waals surface area contributed by atoms with E-state index in [4.69, 9.17) is 5.11 Å². The number of hydrogen-bond acceptors (Lipinski definition) is 8. The fourth-order valence-corrected chi connectivity index (χ4v) is 4.87. The summed E-state index contributed by atoms with van der Waals surface area (Å²) in [5.74, 6) is -3.25. The van der Waals surface area contributed by atoms with Crippen LogP contribution in [0.1, 0.15) is 105 Å². The van der Waals surface area contributed by atoms with Gasteiger partial charge in [-0.15, -0.1) is 0 Å². The molecule has 14 nitrogen and oxygen atoms in total. The Morgan fingerprint density at radius 1 is 0.870 bits per heavy atom. The first-order valence-corrected chi connectivity index (χ1v) is 15.9. The van der Waals surface area contributed by atoms with Crippen molar-refractivity contribution in [2.75, 3.05) is 0 Å². The average molecular weight is 650 g/mol. The molecular weight excluding hydrogens is 598 g/mol. The molecule has 0 saturated carbocycles. The van der Waals surface area contributed by atoms with E-state index in [1.54, 1.807) is 26.0 Å². The lowest BCUT2D eigenvalue weighted by Gasteiger charge is -2.30. The van der Waals surface area contributed by atoms with Crippen LogP contribution in [-0.2, 0) is 24.0 Å². The number of nitro benzene ring substituents is 1. The zero-order valence-electron chi connectivity index (χ0n) is 27.7. The largest absolute Gasteiger partial charge is 0.481 e. The third-order valence-electron chi connectivity index (χ3n) is 7.71. The summed E-state index contributed by atoms with van der Waals surface area (Å²) in [5.41, 5.74) is 0.571. The number of rotatable bonds is 21. The van der Waals surface area contributed by atoms with Crippen LogP contribution >= 0.6 is 0 Å². The second-order valence-electron chi connectivity index (χ2n) is 12.2. The lowest BCUT2D eigenvalue weighted by molar-refractivity contribution is -0.384. The average Bonchev–Trinajstić information content (AvgIpc) is 2.98. The maximum Gasteiger partial charge on any atom is 0.303 e. The molecule has 0 radical (unpaired) electrons. The van der Waals surface area contributed by atoms with E-state index >= 15 is 0 Å². The number of aliphatic hydroxyl groups excluding tert-OH is 1. The predicted octanol–water partition coefficient (Wildman–Crippen LogP) is 3.12. The molecule has 0 aliphatic carbocycles. The number of carbonyl (C=O) groups is 5. The minimum atomic E-state index is -1.24. The van der Waals surface area contributed by atoms with Crippen molar-refractivity contribution in [3.8, 4) is 0 Å². The number of nitrogens with zero attached hydrogens (tertiary/aromatic N) is 1. The number of aliphatic hydroxyl groups is 1. The molecular formula is C32H51N5O9. The smallest absolute Gasteiger partial charge is 0.303 e. The number of nitrogens with one attached hydrogen (secondary N) is 4. The number of carboxylic acid groups (broad SMARTS) is 1. The normalized spacial score (nSPS) is 15.0. The number of benzene rings is 1. The van der Waals surface area contributed by atoms with Gasteiger partial charge in [-0.3, -0.25) is 34.1 Å². The van der Waals surface area contributed by atoms with Gasteiger partial charge in [0, 0.05) is 25.0 Å². The predicted molar refractivity (Wildman–Crippen MR) is 171 cm³/mol. The quantitative estimate of drug-likeness (QED) is 0.0850. The molecule has 6 N–H and O–H groups in total. The fraction of sp³-hybridized carbons (Fsp3) is 0.656. The monoisotopic (exact) mass is 649 g/mol. The molecule has 0 bridgehead atoms. The van der Waals surface area contributed by atoms with E-state index in [2.05, 4.69) is 21.3 Å². The van der Waals surface area contributed by atoms with Gasteiger partial charge in [0.25, 0.3) is 5.69 Å². The molecule has 0 aliphatic rings. The highest BCUT2D eigenvalue weighted by Crippen LogP contribution is 2.19. The summed E-state index contributed by atoms with van der Waals surface area (Å²) in [6.45, 7) is 11.0. The first kappa shape index (κ1) is 40.0. The molecule has 0 spiro atoms. The summed E-state index contributed by atoms with van der Waals surface area (Å²) in [7, 11) is 0. The van der Waals surface area contributed by atoms with Crippen LogP contribution in [0.3, 0.4) is 0 Å². The molecule has 258 valence electrons. The molecule has 0 fully saturated rings. The van der Waals surface area contributed by atoms with Crippen molar-refractivity contribution < 1.29 is 39.1 Å². The van der Waals surface area contributed by atoms with E-state index < -0.39 is 64.8 Å². The van der Waals surface area contributed by atoms with Crippen LogP contribution in [0.2, 0.25) is 0 Å². The Morgan fingerprint density at radius 3 is 2.02 bits per heavy atom. The number of carbonyl (C=O) groups excluding carboxylic acids is 4. The fourth-order valence-electron chi connectivity index (χ4n) is 4.87. The van der Waals surface area contributed by atoms with Crippen LogP contribution in [0.15, 0.2) is 24.3 Å². The second kappa shape index (κ2) is 20.1. The summed E-state index contributed by atoms with van der Waals surface area (Å²) in [5, 5.41) is 41.8. The van der Waals surface area contributed by atoms with Crippen LogP contribution < -0.4 is 21.3 Å². The molecule has 1 rings (SSSR count). The molecule has 0 aromatic heterocycles. The summed E-state index contributed by atoms with van der Waals surface area (Å²) >= 11 is 0. The van der Waals surface area contributed by atoms with Crippen molar-refractivity contribution >= 4 is 35.3 Å². The third kappa shape index (κ3) is 14.4. The summed E-state index contributed by atoms with van der Waals surface area (Å²) < 4.78 is 0. The number of nitro groups is 1. The van der Waals surface area contributed by atoms with Gasteiger partial charge in [-0.1, -0.05) is 59.6 Å². The van der Waals surface area contributed by atoms with Crippen LogP contribution in [0.25, 0.3) is 0 Å². The highest BCUT2D eigenvalue weighted by Gasteiger charge is 2.32. The maximum atomic E-state index is 13.4. The van der Waals surface area contributed by atoms with Gasteiger partial charge >= 0.3 is 5.97 Å². The molecule has 0 unspecified atom stereocenters. The number of hydrogen-bond donors (Lipinski definition) is 6. The lowest BCUT2D eigenvalue weighted by Crippen LogP contribution is -2.57. The Labute approximate surface area is 270 Å². The van der Waals surface area contributed by atoms with Crippen LogP contribution in [-0.4, -0.2) is 69.0 Å².